The van der Waals surface area contributed by atoms with Crippen molar-refractivity contribution in [3.8, 4) is 5.75 Å². The van der Waals surface area contributed by atoms with Crippen molar-refractivity contribution in [3.05, 3.63) is 24.3 Å². The molecule has 3 N–H and O–H groups in total. The predicted molar refractivity (Wildman–Crippen MR) is 90.2 cm³/mol. The van der Waals surface area contributed by atoms with Gasteiger partial charge in [0.1, 0.15) is 5.75 Å². The average Bonchev–Trinajstić information content (AvgIpc) is 2.38. The van der Waals surface area contributed by atoms with Crippen molar-refractivity contribution in [2.75, 3.05) is 11.9 Å². The molecule has 5 heteroatoms. The lowest BCUT2D eigenvalue weighted by atomic mass is 10.0. The second kappa shape index (κ2) is 10.5. The highest BCUT2D eigenvalue weighted by atomic mass is 35.5. The second-order valence-corrected chi connectivity index (χ2v) is 5.46. The molecule has 1 amide bonds. The number of rotatable bonds is 8. The van der Waals surface area contributed by atoms with Crippen LogP contribution in [-0.4, -0.2) is 18.6 Å². The zero-order valence-corrected chi connectivity index (χ0v) is 13.9. The van der Waals surface area contributed by atoms with Crippen molar-refractivity contribution in [2.45, 2.75) is 46.1 Å². The minimum atomic E-state index is -0.473. The minimum Gasteiger partial charge on any atom is -0.494 e. The normalized spacial score (nSPS) is 11.7. The number of unbranched alkanes of at least 4 members (excludes halogenated alkanes) is 1. The summed E-state index contributed by atoms with van der Waals surface area (Å²) in [7, 11) is 0. The molecule has 0 bridgehead atoms. The first-order valence-corrected chi connectivity index (χ1v) is 7.32. The molecule has 4 nitrogen and oxygen atoms in total. The predicted octanol–water partition coefficient (Wildman–Crippen LogP) is 3.60. The van der Waals surface area contributed by atoms with E-state index in [1.807, 2.05) is 24.3 Å². The molecule has 0 spiro atoms. The zero-order chi connectivity index (χ0) is 15.0. The Labute approximate surface area is 133 Å². The summed E-state index contributed by atoms with van der Waals surface area (Å²) >= 11 is 0. The van der Waals surface area contributed by atoms with Crippen LogP contribution >= 0.6 is 12.4 Å². The lowest BCUT2D eigenvalue weighted by molar-refractivity contribution is -0.117. The van der Waals surface area contributed by atoms with Crippen LogP contribution in [0.5, 0.6) is 5.75 Å². The molecule has 0 heterocycles. The fourth-order valence-corrected chi connectivity index (χ4v) is 1.85. The van der Waals surface area contributed by atoms with E-state index in [9.17, 15) is 4.79 Å². The number of carbonyl (C=O) groups excluding carboxylic acids is 1. The summed E-state index contributed by atoms with van der Waals surface area (Å²) in [6.45, 7) is 6.92. The van der Waals surface area contributed by atoms with Crippen molar-refractivity contribution >= 4 is 24.0 Å². The van der Waals surface area contributed by atoms with Gasteiger partial charge in [-0.1, -0.05) is 33.3 Å². The summed E-state index contributed by atoms with van der Waals surface area (Å²) in [6.07, 6.45) is 2.80. The van der Waals surface area contributed by atoms with Crippen LogP contribution in [0, 0.1) is 5.92 Å². The van der Waals surface area contributed by atoms with Crippen molar-refractivity contribution < 1.29 is 9.53 Å². The Bertz CT molecular complexity index is 424. The number of nitrogens with one attached hydrogen (secondary N) is 1. The molecule has 1 aromatic rings. The number of hydrogen-bond donors (Lipinski definition) is 2. The maximum absolute atomic E-state index is 11.9. The van der Waals surface area contributed by atoms with E-state index in [1.54, 1.807) is 0 Å². The molecule has 0 saturated carbocycles. The number of benzene rings is 1. The Kier molecular flexibility index (Phi) is 9.84. The molecule has 1 aromatic carbocycles. The van der Waals surface area contributed by atoms with Gasteiger partial charge in [0.2, 0.25) is 5.91 Å². The first kappa shape index (κ1) is 19.7. The third-order valence-corrected chi connectivity index (χ3v) is 2.93. The van der Waals surface area contributed by atoms with Crippen LogP contribution in [0.4, 0.5) is 5.69 Å². The van der Waals surface area contributed by atoms with Gasteiger partial charge in [0.05, 0.1) is 12.6 Å². The van der Waals surface area contributed by atoms with Gasteiger partial charge in [-0.15, -0.1) is 12.4 Å². The Morgan fingerprint density at radius 3 is 2.71 bits per heavy atom. The fourth-order valence-electron chi connectivity index (χ4n) is 1.85. The lowest BCUT2D eigenvalue weighted by Gasteiger charge is -2.14. The number of hydrogen-bond acceptors (Lipinski definition) is 3. The van der Waals surface area contributed by atoms with Crippen molar-refractivity contribution in [1.82, 2.24) is 0 Å². The molecular weight excluding hydrogens is 288 g/mol. The molecule has 0 aromatic heterocycles. The summed E-state index contributed by atoms with van der Waals surface area (Å²) in [6, 6.07) is 6.95. The zero-order valence-electron chi connectivity index (χ0n) is 13.1. The third-order valence-electron chi connectivity index (χ3n) is 2.93. The number of amides is 1. The largest absolute Gasteiger partial charge is 0.494 e. The molecule has 0 aliphatic rings. The van der Waals surface area contributed by atoms with Gasteiger partial charge in [-0.05, 0) is 30.9 Å². The van der Waals surface area contributed by atoms with E-state index in [2.05, 4.69) is 26.1 Å². The van der Waals surface area contributed by atoms with Gasteiger partial charge < -0.3 is 15.8 Å². The van der Waals surface area contributed by atoms with E-state index in [4.69, 9.17) is 10.5 Å². The molecule has 1 atom stereocenters. The summed E-state index contributed by atoms with van der Waals surface area (Å²) in [5.74, 6) is 1.03. The molecule has 0 radical (unpaired) electrons. The van der Waals surface area contributed by atoms with Crippen LogP contribution in [-0.2, 0) is 4.79 Å². The molecule has 1 rings (SSSR count). The van der Waals surface area contributed by atoms with E-state index < -0.39 is 6.04 Å². The molecule has 0 aliphatic heterocycles. The van der Waals surface area contributed by atoms with Crippen molar-refractivity contribution in [3.63, 3.8) is 0 Å². The van der Waals surface area contributed by atoms with Crippen LogP contribution < -0.4 is 15.8 Å². The Balaban J connectivity index is 0.00000400. The van der Waals surface area contributed by atoms with Gasteiger partial charge in [0, 0.05) is 11.8 Å². The highest BCUT2D eigenvalue weighted by Gasteiger charge is 2.15. The van der Waals surface area contributed by atoms with E-state index in [1.165, 1.54) is 0 Å². The topological polar surface area (TPSA) is 64.3 Å². The highest BCUT2D eigenvalue weighted by molar-refractivity contribution is 5.94. The minimum absolute atomic E-state index is 0. The monoisotopic (exact) mass is 314 g/mol. The smallest absolute Gasteiger partial charge is 0.241 e. The van der Waals surface area contributed by atoms with Gasteiger partial charge in [-0.2, -0.15) is 0 Å². The number of ether oxygens (including phenoxy) is 1. The van der Waals surface area contributed by atoms with Crippen LogP contribution in [0.2, 0.25) is 0 Å². The molecule has 21 heavy (non-hydrogen) atoms. The number of halogens is 1. The standard InChI is InChI=1S/C16H26N2O2.ClH/c1-4-5-9-20-14-8-6-7-13(11-14)18-16(19)15(17)10-12(2)3;/h6-8,11-12,15H,4-5,9-10,17H2,1-3H3,(H,18,19);1H/t15-;/m0./s1. The Hall–Kier alpha value is -1.26. The molecule has 120 valence electrons. The van der Waals surface area contributed by atoms with E-state index in [-0.39, 0.29) is 18.3 Å². The lowest BCUT2D eigenvalue weighted by Crippen LogP contribution is -2.36. The molecule has 0 saturated heterocycles. The molecule has 0 aliphatic carbocycles. The number of anilines is 1. The summed E-state index contributed by atoms with van der Waals surface area (Å²) in [4.78, 5) is 11.9. The maximum Gasteiger partial charge on any atom is 0.241 e. The fraction of sp³-hybridized carbons (Fsp3) is 0.562. The van der Waals surface area contributed by atoms with E-state index in [0.717, 1.165) is 24.3 Å². The first-order chi connectivity index (χ1) is 9.52. The van der Waals surface area contributed by atoms with Crippen molar-refractivity contribution in [1.29, 1.82) is 0 Å². The Morgan fingerprint density at radius 1 is 1.38 bits per heavy atom. The van der Waals surface area contributed by atoms with Gasteiger partial charge in [0.15, 0.2) is 0 Å². The van der Waals surface area contributed by atoms with Gasteiger partial charge in [-0.25, -0.2) is 0 Å². The third kappa shape index (κ3) is 7.93. The highest BCUT2D eigenvalue weighted by Crippen LogP contribution is 2.18. The Morgan fingerprint density at radius 2 is 2.10 bits per heavy atom. The van der Waals surface area contributed by atoms with Gasteiger partial charge in [-0.3, -0.25) is 4.79 Å². The van der Waals surface area contributed by atoms with E-state index >= 15 is 0 Å². The van der Waals surface area contributed by atoms with Crippen LogP contribution in [0.15, 0.2) is 24.3 Å². The maximum atomic E-state index is 11.9. The quantitative estimate of drug-likeness (QED) is 0.721. The number of nitrogens with two attached hydrogens (primary N) is 1. The second-order valence-electron chi connectivity index (χ2n) is 5.46. The van der Waals surface area contributed by atoms with Gasteiger partial charge >= 0.3 is 0 Å². The van der Waals surface area contributed by atoms with E-state index in [0.29, 0.717) is 18.9 Å². The van der Waals surface area contributed by atoms with Crippen LogP contribution in [0.25, 0.3) is 0 Å². The average molecular weight is 315 g/mol. The summed E-state index contributed by atoms with van der Waals surface area (Å²) in [5.41, 5.74) is 6.58. The van der Waals surface area contributed by atoms with Crippen LogP contribution in [0.1, 0.15) is 40.0 Å². The van der Waals surface area contributed by atoms with Gasteiger partial charge in [0.25, 0.3) is 0 Å². The van der Waals surface area contributed by atoms with Crippen LogP contribution in [0.3, 0.4) is 0 Å². The van der Waals surface area contributed by atoms with Crippen molar-refractivity contribution in [2.24, 2.45) is 11.7 Å². The summed E-state index contributed by atoms with van der Waals surface area (Å²) < 4.78 is 5.61. The molecule has 0 fully saturated rings. The first-order valence-electron chi connectivity index (χ1n) is 7.32. The SMILES string of the molecule is CCCCOc1cccc(NC(=O)[C@@H](N)CC(C)C)c1.Cl. The molecule has 0 unspecified atom stereocenters. The number of carbonyl (C=O) groups is 1. The summed E-state index contributed by atoms with van der Waals surface area (Å²) in [5, 5.41) is 2.83. The molecular formula is C16H27ClN2O2.